The van der Waals surface area contributed by atoms with Crippen LogP contribution >= 0.6 is 11.3 Å². The van der Waals surface area contributed by atoms with Crippen LogP contribution in [0.5, 0.6) is 0 Å². The number of thiophene rings is 1. The normalized spacial score (nSPS) is 11.4. The van der Waals surface area contributed by atoms with Gasteiger partial charge < -0.3 is 9.51 Å². The lowest BCUT2D eigenvalue weighted by Gasteiger charge is -2.08. The van der Waals surface area contributed by atoms with Gasteiger partial charge in [0, 0.05) is 40.0 Å². The Morgan fingerprint density at radius 2 is 1.92 bits per heavy atom. The predicted octanol–water partition coefficient (Wildman–Crippen LogP) is 4.81. The summed E-state index contributed by atoms with van der Waals surface area (Å²) in [5.41, 5.74) is 4.34. The smallest absolute Gasteiger partial charge is 0.139 e. The van der Waals surface area contributed by atoms with Crippen LogP contribution in [0.25, 0.3) is 28.0 Å². The van der Waals surface area contributed by atoms with Gasteiger partial charge in [-0.1, -0.05) is 0 Å². The number of aromatic nitrogens is 2. The molecule has 126 valence electrons. The molecular formula is C19H14F2N2OS. The number of fused-ring (bicyclic) bond motifs is 1. The number of hydrogen-bond acceptors (Lipinski definition) is 3. The molecule has 4 aromatic rings. The molecule has 4 rings (SSSR count). The second-order valence-electron chi connectivity index (χ2n) is 5.82. The SMILES string of the molecule is Cc1cscc1-c1cn2cc(-c3ccc(F)c(CO)c3F)ccc2n1. The van der Waals surface area contributed by atoms with Gasteiger partial charge in [-0.05, 0) is 42.1 Å². The van der Waals surface area contributed by atoms with Crippen molar-refractivity contribution in [1.82, 2.24) is 9.38 Å². The summed E-state index contributed by atoms with van der Waals surface area (Å²) in [5, 5.41) is 13.3. The fourth-order valence-corrected chi connectivity index (χ4v) is 3.71. The van der Waals surface area contributed by atoms with Crippen LogP contribution in [0.2, 0.25) is 0 Å². The molecule has 25 heavy (non-hydrogen) atoms. The van der Waals surface area contributed by atoms with E-state index in [9.17, 15) is 13.9 Å². The third-order valence-corrected chi connectivity index (χ3v) is 5.10. The summed E-state index contributed by atoms with van der Waals surface area (Å²) in [6, 6.07) is 6.08. The van der Waals surface area contributed by atoms with Crippen molar-refractivity contribution in [3.63, 3.8) is 0 Å². The second kappa shape index (κ2) is 6.06. The fraction of sp³-hybridized carbons (Fsp3) is 0.105. The zero-order chi connectivity index (χ0) is 17.6. The van der Waals surface area contributed by atoms with Crippen molar-refractivity contribution in [2.75, 3.05) is 0 Å². The van der Waals surface area contributed by atoms with E-state index < -0.39 is 18.2 Å². The van der Waals surface area contributed by atoms with E-state index >= 15 is 0 Å². The van der Waals surface area contributed by atoms with Crippen molar-refractivity contribution >= 4 is 17.0 Å². The highest BCUT2D eigenvalue weighted by Gasteiger charge is 2.15. The first-order valence-electron chi connectivity index (χ1n) is 7.68. The Morgan fingerprint density at radius 3 is 2.64 bits per heavy atom. The summed E-state index contributed by atoms with van der Waals surface area (Å²) in [5.74, 6) is -1.49. The molecule has 0 amide bonds. The molecule has 0 saturated heterocycles. The third-order valence-electron chi connectivity index (χ3n) is 4.24. The first kappa shape index (κ1) is 15.9. The van der Waals surface area contributed by atoms with Crippen LogP contribution in [-0.4, -0.2) is 14.5 Å². The molecule has 0 aliphatic heterocycles. The summed E-state index contributed by atoms with van der Waals surface area (Å²) >= 11 is 1.62. The summed E-state index contributed by atoms with van der Waals surface area (Å²) in [7, 11) is 0. The summed E-state index contributed by atoms with van der Waals surface area (Å²) in [6.45, 7) is 1.35. The van der Waals surface area contributed by atoms with Gasteiger partial charge in [-0.25, -0.2) is 13.8 Å². The number of benzene rings is 1. The lowest BCUT2D eigenvalue weighted by Crippen LogP contribution is -1.98. The van der Waals surface area contributed by atoms with Crippen LogP contribution in [0, 0.1) is 18.6 Å². The highest BCUT2D eigenvalue weighted by atomic mass is 32.1. The van der Waals surface area contributed by atoms with Crippen molar-refractivity contribution < 1.29 is 13.9 Å². The molecule has 3 heterocycles. The van der Waals surface area contributed by atoms with E-state index in [0.717, 1.165) is 22.5 Å². The Kier molecular flexibility index (Phi) is 3.86. The first-order chi connectivity index (χ1) is 12.1. The highest BCUT2D eigenvalue weighted by Crippen LogP contribution is 2.29. The van der Waals surface area contributed by atoms with Crippen molar-refractivity contribution in [3.05, 3.63) is 70.2 Å². The van der Waals surface area contributed by atoms with Crippen LogP contribution < -0.4 is 0 Å². The quantitative estimate of drug-likeness (QED) is 0.572. The molecular weight excluding hydrogens is 342 g/mol. The van der Waals surface area contributed by atoms with Crippen LogP contribution in [0.4, 0.5) is 8.78 Å². The number of imidazole rings is 1. The van der Waals surface area contributed by atoms with Gasteiger partial charge in [0.25, 0.3) is 0 Å². The monoisotopic (exact) mass is 356 g/mol. The van der Waals surface area contributed by atoms with E-state index in [1.807, 2.05) is 22.9 Å². The number of halogens is 2. The van der Waals surface area contributed by atoms with E-state index in [2.05, 4.69) is 10.4 Å². The molecule has 1 N–H and O–H groups in total. The van der Waals surface area contributed by atoms with Gasteiger partial charge in [-0.2, -0.15) is 11.3 Å². The Labute approximate surface area is 146 Å². The summed E-state index contributed by atoms with van der Waals surface area (Å²) in [4.78, 5) is 4.60. The average molecular weight is 356 g/mol. The van der Waals surface area contributed by atoms with Crippen molar-refractivity contribution in [3.8, 4) is 22.4 Å². The average Bonchev–Trinajstić information content (AvgIpc) is 3.20. The largest absolute Gasteiger partial charge is 0.391 e. The molecule has 1 aromatic carbocycles. The number of aliphatic hydroxyl groups excluding tert-OH is 1. The maximum atomic E-state index is 14.5. The van der Waals surface area contributed by atoms with Gasteiger partial charge >= 0.3 is 0 Å². The number of aryl methyl sites for hydroxylation is 1. The zero-order valence-corrected chi connectivity index (χ0v) is 14.1. The Hall–Kier alpha value is -2.57. The topological polar surface area (TPSA) is 37.5 Å². The predicted molar refractivity (Wildman–Crippen MR) is 94.5 cm³/mol. The number of aliphatic hydroxyl groups is 1. The molecule has 0 spiro atoms. The Balaban J connectivity index is 1.84. The lowest BCUT2D eigenvalue weighted by molar-refractivity contribution is 0.269. The Bertz CT molecular complexity index is 1080. The maximum Gasteiger partial charge on any atom is 0.139 e. The minimum Gasteiger partial charge on any atom is -0.391 e. The van der Waals surface area contributed by atoms with Gasteiger partial charge in [0.2, 0.25) is 0 Å². The van der Waals surface area contributed by atoms with Gasteiger partial charge in [-0.3, -0.25) is 0 Å². The van der Waals surface area contributed by atoms with Crippen molar-refractivity contribution in [2.45, 2.75) is 13.5 Å². The van der Waals surface area contributed by atoms with Gasteiger partial charge in [-0.15, -0.1) is 0 Å². The molecule has 0 aliphatic carbocycles. The molecule has 0 bridgehead atoms. The molecule has 0 aliphatic rings. The maximum absolute atomic E-state index is 14.5. The highest BCUT2D eigenvalue weighted by molar-refractivity contribution is 7.08. The van der Waals surface area contributed by atoms with Crippen molar-refractivity contribution in [1.29, 1.82) is 0 Å². The van der Waals surface area contributed by atoms with Crippen LogP contribution in [0.3, 0.4) is 0 Å². The molecule has 0 radical (unpaired) electrons. The first-order valence-corrected chi connectivity index (χ1v) is 8.63. The second-order valence-corrected chi connectivity index (χ2v) is 6.57. The van der Waals surface area contributed by atoms with Gasteiger partial charge in [0.05, 0.1) is 12.3 Å². The molecule has 0 unspecified atom stereocenters. The number of nitrogens with zero attached hydrogens (tertiary/aromatic N) is 2. The van der Waals surface area contributed by atoms with E-state index in [0.29, 0.717) is 5.56 Å². The molecule has 0 atom stereocenters. The van der Waals surface area contributed by atoms with Gasteiger partial charge in [0.15, 0.2) is 0 Å². The molecule has 3 aromatic heterocycles. The molecule has 6 heteroatoms. The van der Waals surface area contributed by atoms with E-state index in [-0.39, 0.29) is 11.1 Å². The fourth-order valence-electron chi connectivity index (χ4n) is 2.87. The minimum absolute atomic E-state index is 0.245. The standard InChI is InChI=1S/C19H14F2N2OS/c1-11-9-25-10-15(11)17-7-23-6-12(2-5-18(23)22-17)13-3-4-16(20)14(8-24)19(13)21/h2-7,9-10,24H,8H2,1H3. The third kappa shape index (κ3) is 2.63. The van der Waals surface area contributed by atoms with Gasteiger partial charge in [0.1, 0.15) is 17.3 Å². The van der Waals surface area contributed by atoms with E-state index in [4.69, 9.17) is 0 Å². The number of rotatable bonds is 3. The molecule has 0 saturated carbocycles. The summed E-state index contributed by atoms with van der Waals surface area (Å²) < 4.78 is 29.9. The summed E-state index contributed by atoms with van der Waals surface area (Å²) in [6.07, 6.45) is 3.65. The molecule has 3 nitrogen and oxygen atoms in total. The number of pyridine rings is 1. The number of hydrogen-bond donors (Lipinski definition) is 1. The zero-order valence-electron chi connectivity index (χ0n) is 13.3. The Morgan fingerprint density at radius 1 is 1.08 bits per heavy atom. The minimum atomic E-state index is -0.748. The van der Waals surface area contributed by atoms with Crippen LogP contribution in [-0.2, 0) is 6.61 Å². The van der Waals surface area contributed by atoms with Crippen LogP contribution in [0.15, 0.2) is 47.4 Å². The lowest BCUT2D eigenvalue weighted by atomic mass is 10.0. The van der Waals surface area contributed by atoms with E-state index in [1.165, 1.54) is 12.1 Å². The van der Waals surface area contributed by atoms with Crippen LogP contribution in [0.1, 0.15) is 11.1 Å². The van der Waals surface area contributed by atoms with E-state index in [1.54, 1.807) is 29.7 Å². The molecule has 0 fully saturated rings. The van der Waals surface area contributed by atoms with Crippen molar-refractivity contribution in [2.24, 2.45) is 0 Å².